The van der Waals surface area contributed by atoms with Crippen molar-refractivity contribution in [3.8, 4) is 5.75 Å². The molecule has 3 aliphatic heterocycles. The summed E-state index contributed by atoms with van der Waals surface area (Å²) in [6, 6.07) is 6.18. The van der Waals surface area contributed by atoms with E-state index in [9.17, 15) is 5.11 Å². The monoisotopic (exact) mass is 308 g/mol. The number of β-amino-alcohol motifs (C(OH)–C–C–N with tert-alkyl or cyclic N) is 1. The molecule has 3 heterocycles. The van der Waals surface area contributed by atoms with Crippen LogP contribution in [0.5, 0.6) is 5.75 Å². The third kappa shape index (κ3) is 2.44. The van der Waals surface area contributed by atoms with E-state index in [1.54, 1.807) is 0 Å². The molecule has 4 nitrogen and oxygen atoms in total. The van der Waals surface area contributed by atoms with Crippen LogP contribution in [-0.2, 0) is 6.42 Å². The molecule has 3 aliphatic rings. The number of nitrogens with zero attached hydrogens (tertiary/aromatic N) is 1. The van der Waals surface area contributed by atoms with Crippen LogP contribution in [0.4, 0.5) is 0 Å². The lowest BCUT2D eigenvalue weighted by Crippen LogP contribution is -2.53. The van der Waals surface area contributed by atoms with E-state index in [0.29, 0.717) is 6.54 Å². The maximum atomic E-state index is 10.0. The normalized spacial score (nSPS) is 31.3. The molecule has 0 saturated carbocycles. The molecule has 0 aromatic heterocycles. The first-order valence-corrected chi connectivity index (χ1v) is 8.13. The topological polar surface area (TPSA) is 44.7 Å². The van der Waals surface area contributed by atoms with E-state index >= 15 is 0 Å². The Labute approximate surface area is 130 Å². The van der Waals surface area contributed by atoms with Crippen LogP contribution in [0.15, 0.2) is 18.2 Å². The molecular formula is C16H21ClN2O2. The summed E-state index contributed by atoms with van der Waals surface area (Å²) in [4.78, 5) is 2.41. The van der Waals surface area contributed by atoms with Crippen molar-refractivity contribution < 1.29 is 9.84 Å². The number of aliphatic hydroxyl groups is 1. The SMILES string of the molecule is O[C@@H]1CNCC1N1CCC2(CC1)Cc1cc(Cl)ccc1O2. The minimum Gasteiger partial charge on any atom is -0.487 e. The van der Waals surface area contributed by atoms with Gasteiger partial charge in [0.2, 0.25) is 0 Å². The van der Waals surface area contributed by atoms with E-state index in [0.717, 1.165) is 49.7 Å². The van der Waals surface area contributed by atoms with Crippen molar-refractivity contribution in [1.29, 1.82) is 0 Å². The Hall–Kier alpha value is -0.810. The first-order chi connectivity index (χ1) is 10.2. The number of aliphatic hydroxyl groups excluding tert-OH is 1. The largest absolute Gasteiger partial charge is 0.487 e. The molecule has 2 saturated heterocycles. The highest BCUT2D eigenvalue weighted by Crippen LogP contribution is 2.42. The Balaban J connectivity index is 1.44. The van der Waals surface area contributed by atoms with Gasteiger partial charge in [0, 0.05) is 56.5 Å². The molecule has 1 aromatic carbocycles. The summed E-state index contributed by atoms with van der Waals surface area (Å²) in [5.41, 5.74) is 1.18. The lowest BCUT2D eigenvalue weighted by Gasteiger charge is -2.41. The second kappa shape index (κ2) is 5.13. The van der Waals surface area contributed by atoms with E-state index in [-0.39, 0.29) is 17.7 Å². The molecule has 5 heteroatoms. The van der Waals surface area contributed by atoms with Gasteiger partial charge in [0.1, 0.15) is 11.4 Å². The molecule has 1 spiro atoms. The maximum absolute atomic E-state index is 10.0. The predicted octanol–water partition coefficient (Wildman–Crippen LogP) is 1.44. The smallest absolute Gasteiger partial charge is 0.123 e. The Morgan fingerprint density at radius 2 is 2.10 bits per heavy atom. The van der Waals surface area contributed by atoms with Crippen LogP contribution in [0.1, 0.15) is 18.4 Å². The Bertz CT molecular complexity index is 543. The van der Waals surface area contributed by atoms with Gasteiger partial charge in [0.05, 0.1) is 6.10 Å². The van der Waals surface area contributed by atoms with Crippen LogP contribution in [0.2, 0.25) is 5.02 Å². The third-order valence-electron chi connectivity index (χ3n) is 5.19. The molecule has 2 atom stereocenters. The first kappa shape index (κ1) is 13.8. The highest BCUT2D eigenvalue weighted by atomic mass is 35.5. The fraction of sp³-hybridized carbons (Fsp3) is 0.625. The molecule has 4 rings (SSSR count). The second-order valence-corrected chi connectivity index (χ2v) is 6.98. The van der Waals surface area contributed by atoms with Crippen LogP contribution in [0.25, 0.3) is 0 Å². The molecular weight excluding hydrogens is 288 g/mol. The second-order valence-electron chi connectivity index (χ2n) is 6.54. The standard InChI is InChI=1S/C16H21ClN2O2/c17-12-1-2-15-11(7-12)8-16(21-15)3-5-19(6-4-16)13-9-18-10-14(13)20/h1-2,7,13-14,18,20H,3-6,8-10H2/t13?,14-/m1/s1. The summed E-state index contributed by atoms with van der Waals surface area (Å²) in [5.74, 6) is 0.996. The number of rotatable bonds is 1. The number of benzene rings is 1. The summed E-state index contributed by atoms with van der Waals surface area (Å²) in [6.07, 6.45) is 2.76. The van der Waals surface area contributed by atoms with Crippen molar-refractivity contribution in [3.63, 3.8) is 0 Å². The van der Waals surface area contributed by atoms with Gasteiger partial charge >= 0.3 is 0 Å². The average Bonchev–Trinajstić information content (AvgIpc) is 3.03. The summed E-state index contributed by atoms with van der Waals surface area (Å²) < 4.78 is 6.26. The lowest BCUT2D eigenvalue weighted by atomic mass is 9.86. The maximum Gasteiger partial charge on any atom is 0.123 e. The van der Waals surface area contributed by atoms with Crippen LogP contribution in [0, 0.1) is 0 Å². The molecule has 0 amide bonds. The van der Waals surface area contributed by atoms with Gasteiger partial charge < -0.3 is 15.2 Å². The van der Waals surface area contributed by atoms with E-state index in [1.807, 2.05) is 18.2 Å². The van der Waals surface area contributed by atoms with Gasteiger partial charge in [-0.05, 0) is 23.8 Å². The number of halogens is 1. The number of hydrogen-bond donors (Lipinski definition) is 2. The van der Waals surface area contributed by atoms with Gasteiger partial charge in [-0.15, -0.1) is 0 Å². The zero-order chi connectivity index (χ0) is 14.4. The van der Waals surface area contributed by atoms with Crippen molar-refractivity contribution in [3.05, 3.63) is 28.8 Å². The van der Waals surface area contributed by atoms with E-state index in [1.165, 1.54) is 5.56 Å². The van der Waals surface area contributed by atoms with Crippen molar-refractivity contribution in [2.45, 2.75) is 37.0 Å². The molecule has 2 N–H and O–H groups in total. The third-order valence-corrected chi connectivity index (χ3v) is 5.43. The van der Waals surface area contributed by atoms with Gasteiger partial charge in [0.15, 0.2) is 0 Å². The fourth-order valence-electron chi connectivity index (χ4n) is 3.97. The molecule has 114 valence electrons. The highest BCUT2D eigenvalue weighted by Gasteiger charge is 2.44. The zero-order valence-electron chi connectivity index (χ0n) is 12.0. The summed E-state index contributed by atoms with van der Waals surface area (Å²) in [7, 11) is 0. The number of likely N-dealkylation sites (tertiary alicyclic amines) is 1. The summed E-state index contributed by atoms with van der Waals surface area (Å²) >= 11 is 6.08. The molecule has 0 bridgehead atoms. The predicted molar refractivity (Wildman–Crippen MR) is 82.0 cm³/mol. The van der Waals surface area contributed by atoms with Crippen molar-refractivity contribution in [2.75, 3.05) is 26.2 Å². The van der Waals surface area contributed by atoms with E-state index in [4.69, 9.17) is 16.3 Å². The van der Waals surface area contributed by atoms with Crippen molar-refractivity contribution in [1.82, 2.24) is 10.2 Å². The van der Waals surface area contributed by atoms with Gasteiger partial charge in [-0.3, -0.25) is 4.90 Å². The lowest BCUT2D eigenvalue weighted by molar-refractivity contribution is -0.0107. The quantitative estimate of drug-likeness (QED) is 0.824. The number of hydrogen-bond acceptors (Lipinski definition) is 4. The summed E-state index contributed by atoms with van der Waals surface area (Å²) in [6.45, 7) is 3.59. The Kier molecular flexibility index (Phi) is 3.38. The Morgan fingerprint density at radius 3 is 2.81 bits per heavy atom. The average molecular weight is 309 g/mol. The molecule has 1 aromatic rings. The van der Waals surface area contributed by atoms with Crippen LogP contribution < -0.4 is 10.1 Å². The molecule has 2 fully saturated rings. The molecule has 0 radical (unpaired) electrons. The van der Waals surface area contributed by atoms with Gasteiger partial charge in [-0.25, -0.2) is 0 Å². The Morgan fingerprint density at radius 1 is 1.29 bits per heavy atom. The minimum absolute atomic E-state index is 0.0551. The van der Waals surface area contributed by atoms with E-state index < -0.39 is 0 Å². The fourth-order valence-corrected chi connectivity index (χ4v) is 4.16. The van der Waals surface area contributed by atoms with Crippen LogP contribution in [0.3, 0.4) is 0 Å². The minimum atomic E-state index is -0.237. The number of nitrogens with one attached hydrogen (secondary N) is 1. The number of fused-ring (bicyclic) bond motifs is 1. The number of ether oxygens (including phenoxy) is 1. The van der Waals surface area contributed by atoms with Gasteiger partial charge in [-0.1, -0.05) is 11.6 Å². The molecule has 1 unspecified atom stereocenters. The van der Waals surface area contributed by atoms with Crippen molar-refractivity contribution >= 4 is 11.6 Å². The number of piperidine rings is 1. The van der Waals surface area contributed by atoms with Crippen LogP contribution in [-0.4, -0.2) is 53.9 Å². The first-order valence-electron chi connectivity index (χ1n) is 7.76. The highest BCUT2D eigenvalue weighted by molar-refractivity contribution is 6.30. The van der Waals surface area contributed by atoms with Gasteiger partial charge in [-0.2, -0.15) is 0 Å². The van der Waals surface area contributed by atoms with Gasteiger partial charge in [0.25, 0.3) is 0 Å². The molecule has 0 aliphatic carbocycles. The van der Waals surface area contributed by atoms with Crippen LogP contribution >= 0.6 is 11.6 Å². The van der Waals surface area contributed by atoms with E-state index in [2.05, 4.69) is 10.2 Å². The zero-order valence-corrected chi connectivity index (χ0v) is 12.8. The van der Waals surface area contributed by atoms with Crippen molar-refractivity contribution in [2.24, 2.45) is 0 Å². The summed E-state index contributed by atoms with van der Waals surface area (Å²) in [5, 5.41) is 14.1. The molecule has 21 heavy (non-hydrogen) atoms.